The maximum atomic E-state index is 11.5. The van der Waals surface area contributed by atoms with E-state index < -0.39 is 0 Å². The van der Waals surface area contributed by atoms with Crippen LogP contribution in [0.4, 0.5) is 0 Å². The molecule has 0 aliphatic carbocycles. The Balaban J connectivity index is 3.97. The van der Waals surface area contributed by atoms with Crippen LogP contribution in [0.3, 0.4) is 0 Å². The third-order valence-corrected chi connectivity index (χ3v) is 2.65. The molecule has 0 aliphatic rings. The standard InChI is InChI=1S/C12H24O2/c1-7-12(5,6)8-14-10(4)11(13)9(2)3/h9-10H,7-8H2,1-6H3. The molecule has 2 heteroatoms. The highest BCUT2D eigenvalue weighted by Gasteiger charge is 2.21. The minimum absolute atomic E-state index is 0.0646. The predicted molar refractivity (Wildman–Crippen MR) is 59.3 cm³/mol. The number of ketones is 1. The van der Waals surface area contributed by atoms with E-state index in [4.69, 9.17) is 4.74 Å². The van der Waals surface area contributed by atoms with Crippen molar-refractivity contribution in [3.63, 3.8) is 0 Å². The zero-order valence-electron chi connectivity index (χ0n) is 10.4. The molecule has 0 heterocycles. The predicted octanol–water partition coefficient (Wildman–Crippen LogP) is 3.05. The normalized spacial score (nSPS) is 14.5. The van der Waals surface area contributed by atoms with Crippen molar-refractivity contribution in [2.24, 2.45) is 11.3 Å². The smallest absolute Gasteiger partial charge is 0.163 e. The van der Waals surface area contributed by atoms with Gasteiger partial charge in [0.15, 0.2) is 5.78 Å². The van der Waals surface area contributed by atoms with Gasteiger partial charge < -0.3 is 4.74 Å². The van der Waals surface area contributed by atoms with Crippen LogP contribution < -0.4 is 0 Å². The fraction of sp³-hybridized carbons (Fsp3) is 0.917. The van der Waals surface area contributed by atoms with Crippen LogP contribution in [0, 0.1) is 11.3 Å². The molecule has 0 aromatic carbocycles. The summed E-state index contributed by atoms with van der Waals surface area (Å²) >= 11 is 0. The van der Waals surface area contributed by atoms with Gasteiger partial charge in [0.2, 0.25) is 0 Å². The molecule has 0 N–H and O–H groups in total. The Morgan fingerprint density at radius 1 is 1.29 bits per heavy atom. The third-order valence-electron chi connectivity index (χ3n) is 2.65. The topological polar surface area (TPSA) is 26.3 Å². The lowest BCUT2D eigenvalue weighted by Crippen LogP contribution is -2.29. The summed E-state index contributed by atoms with van der Waals surface area (Å²) in [6.07, 6.45) is 0.802. The molecule has 2 nitrogen and oxygen atoms in total. The lowest BCUT2D eigenvalue weighted by molar-refractivity contribution is -0.134. The van der Waals surface area contributed by atoms with Crippen molar-refractivity contribution in [3.8, 4) is 0 Å². The number of hydrogen-bond donors (Lipinski definition) is 0. The van der Waals surface area contributed by atoms with E-state index in [0.29, 0.717) is 6.61 Å². The first-order valence-corrected chi connectivity index (χ1v) is 5.45. The maximum absolute atomic E-state index is 11.5. The highest BCUT2D eigenvalue weighted by Crippen LogP contribution is 2.20. The van der Waals surface area contributed by atoms with E-state index in [2.05, 4.69) is 20.8 Å². The minimum atomic E-state index is -0.263. The van der Waals surface area contributed by atoms with Gasteiger partial charge in [0.25, 0.3) is 0 Å². The molecule has 84 valence electrons. The van der Waals surface area contributed by atoms with Gasteiger partial charge in [-0.25, -0.2) is 0 Å². The monoisotopic (exact) mass is 200 g/mol. The summed E-state index contributed by atoms with van der Waals surface area (Å²) in [5.41, 5.74) is 0.172. The summed E-state index contributed by atoms with van der Waals surface area (Å²) in [5.74, 6) is 0.256. The van der Waals surface area contributed by atoms with Gasteiger partial charge >= 0.3 is 0 Å². The van der Waals surface area contributed by atoms with Crippen molar-refractivity contribution in [1.29, 1.82) is 0 Å². The number of rotatable bonds is 6. The van der Waals surface area contributed by atoms with Crippen LogP contribution in [-0.4, -0.2) is 18.5 Å². The molecule has 0 bridgehead atoms. The molecule has 0 radical (unpaired) electrons. The molecule has 14 heavy (non-hydrogen) atoms. The van der Waals surface area contributed by atoms with Gasteiger partial charge in [0.1, 0.15) is 6.10 Å². The molecular formula is C12H24O2. The summed E-state index contributed by atoms with van der Waals surface area (Å²) in [4.78, 5) is 11.5. The van der Waals surface area contributed by atoms with E-state index in [1.807, 2.05) is 20.8 Å². The fourth-order valence-corrected chi connectivity index (χ4v) is 1.00. The van der Waals surface area contributed by atoms with E-state index in [1.165, 1.54) is 0 Å². The van der Waals surface area contributed by atoms with Gasteiger partial charge in [0.05, 0.1) is 6.61 Å². The Morgan fingerprint density at radius 3 is 2.14 bits per heavy atom. The van der Waals surface area contributed by atoms with Crippen molar-refractivity contribution >= 4 is 5.78 Å². The molecule has 1 unspecified atom stereocenters. The van der Waals surface area contributed by atoms with Crippen LogP contribution in [0.2, 0.25) is 0 Å². The van der Waals surface area contributed by atoms with Crippen LogP contribution in [0.25, 0.3) is 0 Å². The van der Waals surface area contributed by atoms with Crippen LogP contribution in [0.5, 0.6) is 0 Å². The highest BCUT2D eigenvalue weighted by molar-refractivity contribution is 5.84. The average molecular weight is 200 g/mol. The molecule has 0 spiro atoms. The molecule has 0 aromatic heterocycles. The lowest BCUT2D eigenvalue weighted by atomic mass is 9.91. The van der Waals surface area contributed by atoms with Gasteiger partial charge in [0, 0.05) is 5.92 Å². The molecule has 0 aliphatic heterocycles. The van der Waals surface area contributed by atoms with Gasteiger partial charge in [-0.05, 0) is 18.8 Å². The van der Waals surface area contributed by atoms with E-state index >= 15 is 0 Å². The van der Waals surface area contributed by atoms with Crippen molar-refractivity contribution in [2.75, 3.05) is 6.61 Å². The minimum Gasteiger partial charge on any atom is -0.370 e. The van der Waals surface area contributed by atoms with E-state index in [1.54, 1.807) is 0 Å². The first-order valence-electron chi connectivity index (χ1n) is 5.45. The summed E-state index contributed by atoms with van der Waals surface area (Å²) in [6, 6.07) is 0. The quantitative estimate of drug-likeness (QED) is 0.658. The summed E-state index contributed by atoms with van der Waals surface area (Å²) in [7, 11) is 0. The maximum Gasteiger partial charge on any atom is 0.163 e. The average Bonchev–Trinajstić information content (AvgIpc) is 2.13. The molecule has 1 atom stereocenters. The van der Waals surface area contributed by atoms with E-state index in [-0.39, 0.29) is 23.2 Å². The largest absolute Gasteiger partial charge is 0.370 e. The molecule has 0 saturated carbocycles. The molecule has 0 fully saturated rings. The van der Waals surface area contributed by atoms with Crippen LogP contribution in [0.15, 0.2) is 0 Å². The van der Waals surface area contributed by atoms with Crippen LogP contribution in [0.1, 0.15) is 48.0 Å². The number of carbonyl (C=O) groups excluding carboxylic acids is 1. The zero-order valence-corrected chi connectivity index (χ0v) is 10.4. The van der Waals surface area contributed by atoms with Crippen molar-refractivity contribution in [1.82, 2.24) is 0 Å². The van der Waals surface area contributed by atoms with Gasteiger partial charge in [-0.1, -0.05) is 34.6 Å². The Hall–Kier alpha value is -0.370. The highest BCUT2D eigenvalue weighted by atomic mass is 16.5. The molecule has 0 rings (SSSR count). The van der Waals surface area contributed by atoms with Gasteiger partial charge in [-0.2, -0.15) is 0 Å². The Kier molecular flexibility index (Phi) is 5.35. The molecular weight excluding hydrogens is 176 g/mol. The first kappa shape index (κ1) is 13.6. The second-order valence-electron chi connectivity index (χ2n) is 5.03. The number of ether oxygens (including phenoxy) is 1. The Bertz CT molecular complexity index is 183. The Labute approximate surface area is 88.0 Å². The van der Waals surface area contributed by atoms with Crippen molar-refractivity contribution in [3.05, 3.63) is 0 Å². The summed E-state index contributed by atoms with van der Waals surface area (Å²) in [6.45, 7) is 12.8. The van der Waals surface area contributed by atoms with Gasteiger partial charge in [-0.15, -0.1) is 0 Å². The number of carbonyl (C=O) groups is 1. The SMILES string of the molecule is CCC(C)(C)COC(C)C(=O)C(C)C. The third kappa shape index (κ3) is 4.75. The second kappa shape index (κ2) is 5.50. The van der Waals surface area contributed by atoms with Crippen molar-refractivity contribution < 1.29 is 9.53 Å². The van der Waals surface area contributed by atoms with Crippen molar-refractivity contribution in [2.45, 2.75) is 54.1 Å². The second-order valence-corrected chi connectivity index (χ2v) is 5.03. The van der Waals surface area contributed by atoms with Crippen LogP contribution in [-0.2, 0) is 9.53 Å². The van der Waals surface area contributed by atoms with Crippen LogP contribution >= 0.6 is 0 Å². The summed E-state index contributed by atoms with van der Waals surface area (Å²) in [5, 5.41) is 0. The number of hydrogen-bond acceptors (Lipinski definition) is 2. The number of Topliss-reactive ketones (excluding diaryl/α,β-unsaturated/α-hetero) is 1. The summed E-state index contributed by atoms with van der Waals surface area (Å²) < 4.78 is 5.57. The van der Waals surface area contributed by atoms with Gasteiger partial charge in [-0.3, -0.25) is 4.79 Å². The first-order chi connectivity index (χ1) is 6.30. The van der Waals surface area contributed by atoms with E-state index in [9.17, 15) is 4.79 Å². The molecule has 0 aromatic rings. The zero-order chi connectivity index (χ0) is 11.4. The Morgan fingerprint density at radius 2 is 1.79 bits per heavy atom. The molecule has 0 saturated heterocycles. The van der Waals surface area contributed by atoms with E-state index in [0.717, 1.165) is 6.42 Å². The molecule has 0 amide bonds. The fourth-order valence-electron chi connectivity index (χ4n) is 1.00. The lowest BCUT2D eigenvalue weighted by Gasteiger charge is -2.25.